The fourth-order valence-electron chi connectivity index (χ4n) is 2.88. The minimum atomic E-state index is -1.37. The number of benzene rings is 3. The fraction of sp³-hybridized carbons (Fsp3) is 0. The molecule has 0 fully saturated rings. The van der Waals surface area contributed by atoms with Gasteiger partial charge in [0.2, 0.25) is 0 Å². The molecule has 25 heavy (non-hydrogen) atoms. The Morgan fingerprint density at radius 1 is 0.640 bits per heavy atom. The van der Waals surface area contributed by atoms with Gasteiger partial charge in [-0.3, -0.25) is 0 Å². The summed E-state index contributed by atoms with van der Waals surface area (Å²) < 4.78 is 0. The summed E-state index contributed by atoms with van der Waals surface area (Å²) in [6.07, 6.45) is 0. The van der Waals surface area contributed by atoms with Gasteiger partial charge in [-0.25, -0.2) is 9.59 Å². The molecule has 5 nitrogen and oxygen atoms in total. The second-order valence-electron chi connectivity index (χ2n) is 5.47. The molecule has 0 atom stereocenters. The second-order valence-corrected chi connectivity index (χ2v) is 5.47. The van der Waals surface area contributed by atoms with Gasteiger partial charge in [0.1, 0.15) is 0 Å². The van der Waals surface area contributed by atoms with Crippen molar-refractivity contribution in [1.82, 2.24) is 0 Å². The number of nitrogens with two attached hydrogens (primary N) is 1. The number of carboxylic acids is 2. The Morgan fingerprint density at radius 3 is 1.80 bits per heavy atom. The molecule has 0 spiro atoms. The van der Waals surface area contributed by atoms with Crippen LogP contribution in [-0.4, -0.2) is 22.2 Å². The number of rotatable bonds is 4. The average Bonchev–Trinajstić information content (AvgIpc) is 2.61. The third kappa shape index (κ3) is 2.95. The van der Waals surface area contributed by atoms with Gasteiger partial charge >= 0.3 is 11.9 Å². The molecule has 0 aliphatic rings. The fourth-order valence-corrected chi connectivity index (χ4v) is 2.88. The molecule has 0 bridgehead atoms. The zero-order valence-corrected chi connectivity index (χ0v) is 13.1. The van der Waals surface area contributed by atoms with Crippen LogP contribution in [-0.2, 0) is 0 Å². The zero-order chi connectivity index (χ0) is 18.0. The van der Waals surface area contributed by atoms with E-state index < -0.39 is 17.5 Å². The number of hydrogen-bond donors (Lipinski definition) is 3. The van der Waals surface area contributed by atoms with E-state index >= 15 is 0 Å². The molecule has 3 aromatic carbocycles. The highest BCUT2D eigenvalue weighted by Gasteiger charge is 2.24. The molecule has 0 aromatic heterocycles. The lowest BCUT2D eigenvalue weighted by Crippen LogP contribution is -2.13. The minimum Gasteiger partial charge on any atom is -0.478 e. The summed E-state index contributed by atoms with van der Waals surface area (Å²) in [6.45, 7) is 0. The van der Waals surface area contributed by atoms with Crippen LogP contribution >= 0.6 is 0 Å². The van der Waals surface area contributed by atoms with Gasteiger partial charge in [-0.05, 0) is 28.3 Å². The van der Waals surface area contributed by atoms with Crippen LogP contribution in [0.4, 0.5) is 5.69 Å². The Morgan fingerprint density at radius 2 is 1.20 bits per heavy atom. The normalized spacial score (nSPS) is 10.4. The molecule has 0 saturated heterocycles. The quantitative estimate of drug-likeness (QED) is 0.627. The first kappa shape index (κ1) is 16.3. The number of nitrogen functional groups attached to an aromatic ring is 1. The summed E-state index contributed by atoms with van der Waals surface area (Å²) in [7, 11) is 0. The van der Waals surface area contributed by atoms with Gasteiger partial charge < -0.3 is 15.9 Å². The van der Waals surface area contributed by atoms with Gasteiger partial charge in [-0.1, -0.05) is 60.7 Å². The first-order chi connectivity index (χ1) is 12.0. The molecule has 0 amide bonds. The Kier molecular flexibility index (Phi) is 4.22. The van der Waals surface area contributed by atoms with Crippen LogP contribution in [0.5, 0.6) is 0 Å². The maximum Gasteiger partial charge on any atom is 0.338 e. The molecule has 3 aromatic rings. The highest BCUT2D eigenvalue weighted by molar-refractivity contribution is 6.10. The zero-order valence-electron chi connectivity index (χ0n) is 13.1. The van der Waals surface area contributed by atoms with E-state index in [0.717, 1.165) is 11.1 Å². The maximum absolute atomic E-state index is 11.8. The average molecular weight is 333 g/mol. The van der Waals surface area contributed by atoms with Crippen LogP contribution < -0.4 is 5.73 Å². The van der Waals surface area contributed by atoms with Gasteiger partial charge in [0, 0.05) is 5.69 Å². The molecular formula is C20H15NO4. The van der Waals surface area contributed by atoms with E-state index in [-0.39, 0.29) is 11.3 Å². The van der Waals surface area contributed by atoms with Crippen LogP contribution in [0.25, 0.3) is 22.3 Å². The Bertz CT molecular complexity index is 965. The summed E-state index contributed by atoms with van der Waals surface area (Å²) in [6, 6.07) is 19.7. The Labute approximate surface area is 144 Å². The molecule has 5 heteroatoms. The molecule has 4 N–H and O–H groups in total. The summed E-state index contributed by atoms with van der Waals surface area (Å²) >= 11 is 0. The van der Waals surface area contributed by atoms with Crippen LogP contribution in [0.2, 0.25) is 0 Å². The minimum absolute atomic E-state index is 0.0779. The standard InChI is InChI=1S/C20H15NO4/c21-16-11-10-15(17(19(22)23)18(16)20(24)25)14-9-5-4-8-13(14)12-6-2-1-3-7-12/h1-11H,21H2,(H,22,23)(H,24,25). The van der Waals surface area contributed by atoms with Gasteiger partial charge in [0.15, 0.2) is 0 Å². The lowest BCUT2D eigenvalue weighted by atomic mass is 9.89. The number of carboxylic acid groups (broad SMARTS) is 2. The third-order valence-corrected chi connectivity index (χ3v) is 3.97. The van der Waals surface area contributed by atoms with Crippen LogP contribution in [0.3, 0.4) is 0 Å². The lowest BCUT2D eigenvalue weighted by Gasteiger charge is -2.15. The molecule has 124 valence electrons. The number of carbonyl (C=O) groups is 2. The smallest absolute Gasteiger partial charge is 0.338 e. The van der Waals surface area contributed by atoms with Gasteiger partial charge in [0.25, 0.3) is 0 Å². The summed E-state index contributed by atoms with van der Waals surface area (Å²) in [5.41, 5.74) is 7.60. The van der Waals surface area contributed by atoms with Crippen molar-refractivity contribution in [2.45, 2.75) is 0 Å². The van der Waals surface area contributed by atoms with Crippen molar-refractivity contribution in [3.8, 4) is 22.3 Å². The first-order valence-electron chi connectivity index (χ1n) is 7.54. The first-order valence-corrected chi connectivity index (χ1v) is 7.54. The predicted octanol–water partition coefficient (Wildman–Crippen LogP) is 4.00. The second kappa shape index (κ2) is 6.49. The SMILES string of the molecule is Nc1ccc(-c2ccccc2-c2ccccc2)c(C(=O)O)c1C(=O)O. The largest absolute Gasteiger partial charge is 0.478 e. The van der Waals surface area contributed by atoms with Crippen molar-refractivity contribution in [3.05, 3.63) is 77.9 Å². The van der Waals surface area contributed by atoms with Crippen LogP contribution in [0.15, 0.2) is 66.7 Å². The predicted molar refractivity (Wildman–Crippen MR) is 95.6 cm³/mol. The highest BCUT2D eigenvalue weighted by Crippen LogP contribution is 2.36. The number of anilines is 1. The molecule has 0 heterocycles. The van der Waals surface area contributed by atoms with E-state index in [1.54, 1.807) is 18.2 Å². The summed E-state index contributed by atoms with van der Waals surface area (Å²) in [4.78, 5) is 23.3. The van der Waals surface area contributed by atoms with Gasteiger partial charge in [0.05, 0.1) is 11.1 Å². The Hall–Kier alpha value is -3.60. The van der Waals surface area contributed by atoms with Crippen molar-refractivity contribution < 1.29 is 19.8 Å². The number of aromatic carboxylic acids is 2. The summed E-state index contributed by atoms with van der Waals surface area (Å²) in [5.74, 6) is -2.70. The molecule has 0 radical (unpaired) electrons. The van der Waals surface area contributed by atoms with Crippen molar-refractivity contribution in [3.63, 3.8) is 0 Å². The maximum atomic E-state index is 11.8. The van der Waals surface area contributed by atoms with Gasteiger partial charge in [-0.15, -0.1) is 0 Å². The van der Waals surface area contributed by atoms with E-state index in [1.807, 2.05) is 42.5 Å². The molecule has 3 rings (SSSR count). The van der Waals surface area contributed by atoms with E-state index in [4.69, 9.17) is 5.73 Å². The van der Waals surface area contributed by atoms with Crippen molar-refractivity contribution in [1.29, 1.82) is 0 Å². The van der Waals surface area contributed by atoms with E-state index in [1.165, 1.54) is 6.07 Å². The van der Waals surface area contributed by atoms with Crippen LogP contribution in [0, 0.1) is 0 Å². The van der Waals surface area contributed by atoms with Crippen molar-refractivity contribution in [2.24, 2.45) is 0 Å². The Balaban J connectivity index is 2.34. The molecular weight excluding hydrogens is 318 g/mol. The van der Waals surface area contributed by atoms with E-state index in [2.05, 4.69) is 0 Å². The third-order valence-electron chi connectivity index (χ3n) is 3.97. The van der Waals surface area contributed by atoms with Crippen LogP contribution in [0.1, 0.15) is 20.7 Å². The van der Waals surface area contributed by atoms with E-state index in [0.29, 0.717) is 11.1 Å². The lowest BCUT2D eigenvalue weighted by molar-refractivity contribution is 0.0653. The highest BCUT2D eigenvalue weighted by atomic mass is 16.4. The topological polar surface area (TPSA) is 101 Å². The van der Waals surface area contributed by atoms with Gasteiger partial charge in [-0.2, -0.15) is 0 Å². The molecule has 0 aliphatic carbocycles. The molecule has 0 unspecified atom stereocenters. The molecule has 0 saturated carbocycles. The molecule has 0 aliphatic heterocycles. The number of hydrogen-bond acceptors (Lipinski definition) is 3. The van der Waals surface area contributed by atoms with E-state index in [9.17, 15) is 19.8 Å². The van der Waals surface area contributed by atoms with Crippen molar-refractivity contribution >= 4 is 17.6 Å². The summed E-state index contributed by atoms with van der Waals surface area (Å²) in [5, 5.41) is 19.0. The monoisotopic (exact) mass is 333 g/mol. The van der Waals surface area contributed by atoms with Crippen molar-refractivity contribution in [2.75, 3.05) is 5.73 Å².